The lowest BCUT2D eigenvalue weighted by molar-refractivity contribution is 0.173. The molecule has 0 saturated heterocycles. The zero-order valence-corrected chi connectivity index (χ0v) is 14.6. The van der Waals surface area contributed by atoms with Gasteiger partial charge in [-0.05, 0) is 54.3 Å². The van der Waals surface area contributed by atoms with Crippen LogP contribution in [0.1, 0.15) is 24.3 Å². The molecular formula is C24H21NO. The fourth-order valence-electron chi connectivity index (χ4n) is 5.06. The van der Waals surface area contributed by atoms with Crippen LogP contribution in [0, 0.1) is 5.92 Å². The SMILES string of the molecule is C1=CC2c3ccccc3N(C3=CC4C5=C(C=CCC5)OC4C=C3)C2C=C1. The van der Waals surface area contributed by atoms with E-state index in [1.165, 1.54) is 22.5 Å². The molecule has 0 fully saturated rings. The molecular weight excluding hydrogens is 318 g/mol. The second-order valence-electron chi connectivity index (χ2n) is 7.60. The number of nitrogens with zero attached hydrogens (tertiary/aromatic N) is 1. The van der Waals surface area contributed by atoms with Crippen molar-refractivity contribution in [1.82, 2.24) is 0 Å². The quantitative estimate of drug-likeness (QED) is 0.701. The van der Waals surface area contributed by atoms with Gasteiger partial charge in [-0.1, -0.05) is 48.6 Å². The third-order valence-corrected chi connectivity index (χ3v) is 6.23. The van der Waals surface area contributed by atoms with Crippen LogP contribution in [0.3, 0.4) is 0 Å². The first kappa shape index (κ1) is 14.4. The maximum atomic E-state index is 6.17. The number of hydrogen-bond donors (Lipinski definition) is 0. The summed E-state index contributed by atoms with van der Waals surface area (Å²) < 4.78 is 6.17. The van der Waals surface area contributed by atoms with Gasteiger partial charge in [0.05, 0.1) is 6.04 Å². The van der Waals surface area contributed by atoms with Gasteiger partial charge in [-0.25, -0.2) is 0 Å². The second kappa shape index (κ2) is 5.38. The van der Waals surface area contributed by atoms with Gasteiger partial charge < -0.3 is 9.64 Å². The van der Waals surface area contributed by atoms with Gasteiger partial charge in [-0.2, -0.15) is 0 Å². The predicted molar refractivity (Wildman–Crippen MR) is 105 cm³/mol. The smallest absolute Gasteiger partial charge is 0.127 e. The molecule has 0 radical (unpaired) electrons. The summed E-state index contributed by atoms with van der Waals surface area (Å²) in [6, 6.07) is 9.21. The Bertz CT molecular complexity index is 958. The molecule has 0 saturated carbocycles. The Hall–Kier alpha value is -2.74. The summed E-state index contributed by atoms with van der Waals surface area (Å²) in [6.07, 6.45) is 22.8. The number of anilines is 1. The van der Waals surface area contributed by atoms with E-state index in [9.17, 15) is 0 Å². The lowest BCUT2D eigenvalue weighted by Gasteiger charge is -2.32. The minimum atomic E-state index is 0.168. The van der Waals surface area contributed by atoms with Crippen LogP contribution < -0.4 is 4.90 Å². The summed E-state index contributed by atoms with van der Waals surface area (Å²) in [5.41, 5.74) is 5.54. The van der Waals surface area contributed by atoms with E-state index in [4.69, 9.17) is 4.74 Å². The molecule has 0 aromatic heterocycles. The highest BCUT2D eigenvalue weighted by molar-refractivity contribution is 5.70. The third kappa shape index (κ3) is 1.93. The molecule has 1 aromatic carbocycles. The number of para-hydroxylation sites is 1. The normalized spacial score (nSPS) is 32.8. The lowest BCUT2D eigenvalue weighted by Crippen LogP contribution is -2.33. The minimum absolute atomic E-state index is 0.168. The van der Waals surface area contributed by atoms with Crippen molar-refractivity contribution in [3.63, 3.8) is 0 Å². The molecule has 2 heterocycles. The molecule has 26 heavy (non-hydrogen) atoms. The maximum absolute atomic E-state index is 6.17. The third-order valence-electron chi connectivity index (χ3n) is 6.23. The number of rotatable bonds is 1. The van der Waals surface area contributed by atoms with Crippen molar-refractivity contribution in [2.24, 2.45) is 5.92 Å². The van der Waals surface area contributed by atoms with E-state index < -0.39 is 0 Å². The summed E-state index contributed by atoms with van der Waals surface area (Å²) in [5.74, 6) is 1.92. The van der Waals surface area contributed by atoms with Gasteiger partial charge in [0.1, 0.15) is 11.9 Å². The minimum Gasteiger partial charge on any atom is -0.485 e. The van der Waals surface area contributed by atoms with E-state index in [0.717, 1.165) is 18.6 Å². The number of ether oxygens (including phenoxy) is 1. The topological polar surface area (TPSA) is 12.5 Å². The van der Waals surface area contributed by atoms with Crippen LogP contribution in [0.15, 0.2) is 96.0 Å². The second-order valence-corrected chi connectivity index (χ2v) is 7.60. The Balaban J connectivity index is 1.44. The van der Waals surface area contributed by atoms with Gasteiger partial charge in [0.2, 0.25) is 0 Å². The Kier molecular flexibility index (Phi) is 2.98. The molecule has 2 aliphatic heterocycles. The van der Waals surface area contributed by atoms with Crippen LogP contribution >= 0.6 is 0 Å². The predicted octanol–water partition coefficient (Wildman–Crippen LogP) is 5.16. The Labute approximate surface area is 154 Å². The van der Waals surface area contributed by atoms with Crippen LogP contribution in [-0.4, -0.2) is 12.1 Å². The van der Waals surface area contributed by atoms with Crippen LogP contribution in [0.5, 0.6) is 0 Å². The summed E-state index contributed by atoms with van der Waals surface area (Å²) in [6.45, 7) is 0. The molecule has 5 aliphatic rings. The fourth-order valence-corrected chi connectivity index (χ4v) is 5.06. The zero-order valence-electron chi connectivity index (χ0n) is 14.6. The van der Waals surface area contributed by atoms with Crippen molar-refractivity contribution in [1.29, 1.82) is 0 Å². The Morgan fingerprint density at radius 1 is 0.962 bits per heavy atom. The molecule has 128 valence electrons. The molecule has 2 nitrogen and oxygen atoms in total. The Morgan fingerprint density at radius 3 is 2.88 bits per heavy atom. The average molecular weight is 339 g/mol. The average Bonchev–Trinajstić information content (AvgIpc) is 3.23. The van der Waals surface area contributed by atoms with Crippen molar-refractivity contribution in [3.8, 4) is 0 Å². The molecule has 4 unspecified atom stereocenters. The van der Waals surface area contributed by atoms with Gasteiger partial charge in [0.25, 0.3) is 0 Å². The maximum Gasteiger partial charge on any atom is 0.127 e. The lowest BCUT2D eigenvalue weighted by atomic mass is 9.86. The van der Waals surface area contributed by atoms with Crippen molar-refractivity contribution in [2.45, 2.75) is 30.9 Å². The van der Waals surface area contributed by atoms with Crippen LogP contribution in [0.4, 0.5) is 5.69 Å². The molecule has 2 heteroatoms. The number of hydrogen-bond acceptors (Lipinski definition) is 2. The molecule has 0 amide bonds. The fraction of sp³-hybridized carbons (Fsp3) is 0.250. The highest BCUT2D eigenvalue weighted by Gasteiger charge is 2.40. The summed E-state index contributed by atoms with van der Waals surface area (Å²) >= 11 is 0. The highest BCUT2D eigenvalue weighted by Crippen LogP contribution is 2.48. The van der Waals surface area contributed by atoms with Crippen molar-refractivity contribution in [3.05, 3.63) is 102 Å². The molecule has 0 bridgehead atoms. The van der Waals surface area contributed by atoms with Gasteiger partial charge >= 0.3 is 0 Å². The highest BCUT2D eigenvalue weighted by atomic mass is 16.5. The van der Waals surface area contributed by atoms with Gasteiger partial charge in [0, 0.05) is 23.2 Å². The van der Waals surface area contributed by atoms with Crippen molar-refractivity contribution < 1.29 is 4.74 Å². The van der Waals surface area contributed by atoms with E-state index in [1.807, 2.05) is 0 Å². The molecule has 0 spiro atoms. The van der Waals surface area contributed by atoms with Crippen LogP contribution in [0.2, 0.25) is 0 Å². The van der Waals surface area contributed by atoms with Gasteiger partial charge in [0.15, 0.2) is 0 Å². The van der Waals surface area contributed by atoms with Crippen molar-refractivity contribution in [2.75, 3.05) is 4.90 Å². The molecule has 4 atom stereocenters. The largest absolute Gasteiger partial charge is 0.485 e. The molecule has 1 aromatic rings. The standard InChI is InChI=1S/C24H21NO/c1-4-10-21-17(7-1)18-8-2-5-11-22(18)25(21)16-13-14-24-20(15-16)19-9-3-6-12-23(19)26-24/h1-2,4-8,10-15,17,20-21,24H,3,9H2. The summed E-state index contributed by atoms with van der Waals surface area (Å²) in [5, 5.41) is 0. The van der Waals surface area contributed by atoms with Gasteiger partial charge in [-0.15, -0.1) is 0 Å². The monoisotopic (exact) mass is 339 g/mol. The van der Waals surface area contributed by atoms with Crippen LogP contribution in [0.25, 0.3) is 0 Å². The van der Waals surface area contributed by atoms with E-state index in [-0.39, 0.29) is 6.10 Å². The molecule has 6 rings (SSSR count). The Morgan fingerprint density at radius 2 is 1.88 bits per heavy atom. The number of allylic oxidation sites excluding steroid dienone is 5. The van der Waals surface area contributed by atoms with E-state index in [2.05, 4.69) is 83.8 Å². The van der Waals surface area contributed by atoms with Crippen LogP contribution in [-0.2, 0) is 4.74 Å². The zero-order chi connectivity index (χ0) is 17.1. The molecule has 0 N–H and O–H groups in total. The van der Waals surface area contributed by atoms with Crippen molar-refractivity contribution >= 4 is 5.69 Å². The first-order valence-electron chi connectivity index (χ1n) is 9.59. The molecule has 3 aliphatic carbocycles. The van der Waals surface area contributed by atoms with E-state index in [0.29, 0.717) is 17.9 Å². The summed E-state index contributed by atoms with van der Waals surface area (Å²) in [7, 11) is 0. The number of benzene rings is 1. The number of fused-ring (bicyclic) bond motifs is 5. The van der Waals surface area contributed by atoms with E-state index >= 15 is 0 Å². The van der Waals surface area contributed by atoms with Gasteiger partial charge in [-0.3, -0.25) is 0 Å². The van der Waals surface area contributed by atoms with E-state index in [1.54, 1.807) is 0 Å². The summed E-state index contributed by atoms with van der Waals surface area (Å²) in [4.78, 5) is 2.52. The first-order valence-corrected chi connectivity index (χ1v) is 9.59. The first-order chi connectivity index (χ1) is 12.9.